The molecular formula is C55H57BN2S. The highest BCUT2D eigenvalue weighted by Crippen LogP contribution is 2.53. The molecule has 296 valence electrons. The summed E-state index contributed by atoms with van der Waals surface area (Å²) in [4.78, 5) is 5.21. The number of aryl methyl sites for hydroxylation is 1. The molecule has 0 atom stereocenters. The lowest BCUT2D eigenvalue weighted by atomic mass is 9.36. The van der Waals surface area contributed by atoms with Gasteiger partial charge in [0.1, 0.15) is 0 Å². The maximum Gasteiger partial charge on any atom is 0.264 e. The van der Waals surface area contributed by atoms with Crippen LogP contribution < -0.4 is 25.5 Å². The Hall–Kier alpha value is -5.06. The van der Waals surface area contributed by atoms with Crippen molar-refractivity contribution in [1.29, 1.82) is 0 Å². The number of hydrogen-bond acceptors (Lipinski definition) is 3. The summed E-state index contributed by atoms with van der Waals surface area (Å²) in [7, 11) is 0. The average molecular weight is 789 g/mol. The summed E-state index contributed by atoms with van der Waals surface area (Å²) in [5.74, 6) is 0. The SMILES string of the molecule is Cc1cc2c3c(c1)N(c1ccc(C(C)(C)C)cc1)c1c(sc4cc5c(cc14)C(C)(C)CCC5(C)C)B3c1ccc(-c3ccccc3)cc1N2c1ccc(C(C)(C)C)cc1. The lowest BCUT2D eigenvalue weighted by Gasteiger charge is -2.44. The predicted octanol–water partition coefficient (Wildman–Crippen LogP) is 13.9. The fourth-order valence-corrected chi connectivity index (χ4v) is 11.6. The fourth-order valence-electron chi connectivity index (χ4n) is 10.3. The molecule has 1 aliphatic carbocycles. The van der Waals surface area contributed by atoms with E-state index in [4.69, 9.17) is 0 Å². The van der Waals surface area contributed by atoms with E-state index in [0.29, 0.717) is 0 Å². The van der Waals surface area contributed by atoms with Crippen LogP contribution in [0.15, 0.2) is 121 Å². The number of thiophene rings is 1. The molecule has 10 rings (SSSR count). The minimum atomic E-state index is 0.0661. The van der Waals surface area contributed by atoms with E-state index in [-0.39, 0.29) is 28.4 Å². The molecule has 4 heteroatoms. The maximum atomic E-state index is 2.64. The van der Waals surface area contributed by atoms with Crippen molar-refractivity contribution < 1.29 is 0 Å². The highest BCUT2D eigenvalue weighted by Gasteiger charge is 2.46. The van der Waals surface area contributed by atoms with Crippen molar-refractivity contribution in [3.05, 3.63) is 149 Å². The molecular weight excluding hydrogens is 731 g/mol. The van der Waals surface area contributed by atoms with Crippen molar-refractivity contribution in [3.63, 3.8) is 0 Å². The summed E-state index contributed by atoms with van der Waals surface area (Å²) < 4.78 is 2.83. The van der Waals surface area contributed by atoms with Crippen molar-refractivity contribution in [2.24, 2.45) is 0 Å². The van der Waals surface area contributed by atoms with E-state index in [1.165, 1.54) is 112 Å². The second-order valence-electron chi connectivity index (χ2n) is 21.0. The van der Waals surface area contributed by atoms with Gasteiger partial charge in [0.2, 0.25) is 0 Å². The summed E-state index contributed by atoms with van der Waals surface area (Å²) >= 11 is 2.03. The zero-order chi connectivity index (χ0) is 41.4. The first-order valence-corrected chi connectivity index (χ1v) is 22.5. The quantitative estimate of drug-likeness (QED) is 0.165. The molecule has 7 aromatic rings. The average Bonchev–Trinajstić information content (AvgIpc) is 3.57. The van der Waals surface area contributed by atoms with Crippen LogP contribution in [0.2, 0.25) is 0 Å². The van der Waals surface area contributed by atoms with E-state index in [2.05, 4.69) is 207 Å². The molecule has 1 aromatic heterocycles. The molecule has 0 amide bonds. The molecule has 0 bridgehead atoms. The summed E-state index contributed by atoms with van der Waals surface area (Å²) in [5, 5.41) is 1.38. The van der Waals surface area contributed by atoms with E-state index in [1.807, 2.05) is 11.3 Å². The monoisotopic (exact) mass is 788 g/mol. The molecule has 0 unspecified atom stereocenters. The molecule has 3 aliphatic rings. The van der Waals surface area contributed by atoms with Crippen molar-refractivity contribution in [2.75, 3.05) is 9.80 Å². The first-order valence-electron chi connectivity index (χ1n) is 21.7. The Morgan fingerprint density at radius 1 is 0.559 bits per heavy atom. The normalized spacial score (nSPS) is 16.4. The minimum Gasteiger partial charge on any atom is -0.311 e. The van der Waals surface area contributed by atoms with Gasteiger partial charge >= 0.3 is 0 Å². The van der Waals surface area contributed by atoms with E-state index >= 15 is 0 Å². The second kappa shape index (κ2) is 13.0. The molecule has 0 fully saturated rings. The van der Waals surface area contributed by atoms with Gasteiger partial charge in [0.15, 0.2) is 0 Å². The maximum absolute atomic E-state index is 2.64. The van der Waals surface area contributed by atoms with Gasteiger partial charge in [0, 0.05) is 43.3 Å². The molecule has 6 aromatic carbocycles. The third-order valence-electron chi connectivity index (χ3n) is 13.9. The minimum absolute atomic E-state index is 0.0661. The predicted molar refractivity (Wildman–Crippen MR) is 259 cm³/mol. The third-order valence-corrected chi connectivity index (χ3v) is 15.1. The Bertz CT molecular complexity index is 2790. The van der Waals surface area contributed by atoms with Crippen LogP contribution in [0.1, 0.15) is 110 Å². The topological polar surface area (TPSA) is 6.48 Å². The van der Waals surface area contributed by atoms with E-state index in [0.717, 1.165) is 0 Å². The Morgan fingerprint density at radius 2 is 1.10 bits per heavy atom. The van der Waals surface area contributed by atoms with Crippen LogP contribution in [0.25, 0.3) is 21.2 Å². The molecule has 2 aliphatic heterocycles. The van der Waals surface area contributed by atoms with Crippen molar-refractivity contribution in [3.8, 4) is 11.1 Å². The van der Waals surface area contributed by atoms with Crippen molar-refractivity contribution >= 4 is 78.0 Å². The Labute approximate surface area is 357 Å². The lowest BCUT2D eigenvalue weighted by Crippen LogP contribution is -2.60. The number of nitrogens with zero attached hydrogens (tertiary/aromatic N) is 2. The van der Waals surface area contributed by atoms with Crippen LogP contribution in [0.4, 0.5) is 34.1 Å². The Balaban J connectivity index is 1.30. The van der Waals surface area contributed by atoms with Gasteiger partial charge in [-0.2, -0.15) is 0 Å². The first kappa shape index (κ1) is 38.2. The third kappa shape index (κ3) is 6.03. The van der Waals surface area contributed by atoms with Gasteiger partial charge in [-0.25, -0.2) is 0 Å². The van der Waals surface area contributed by atoms with Crippen LogP contribution in [0.5, 0.6) is 0 Å². The molecule has 0 spiro atoms. The van der Waals surface area contributed by atoms with E-state index in [9.17, 15) is 0 Å². The molecule has 0 radical (unpaired) electrons. The number of anilines is 6. The number of fused-ring (bicyclic) bond motifs is 7. The standard InChI is InChI=1S/C55H57BN2S/c1-34-29-46-49-47(30-34)58(40-24-20-38(21-25-40)53(5,6)7)50-41-32-42-43(55(10,11)28-27-54(42,8)9)33-48(41)59-51(50)56(49)44-26-17-36(35-15-13-12-14-16-35)31-45(44)57(46)39-22-18-37(19-23-39)52(2,3)4/h12-26,29-33H,27-28H2,1-11H3. The van der Waals surface area contributed by atoms with Crippen LogP contribution in [0.3, 0.4) is 0 Å². The molecule has 0 N–H and O–H groups in total. The fraction of sp³-hybridized carbons (Fsp3) is 0.309. The molecule has 2 nitrogen and oxygen atoms in total. The molecule has 0 saturated heterocycles. The van der Waals surface area contributed by atoms with Gasteiger partial charge in [0.25, 0.3) is 6.71 Å². The van der Waals surface area contributed by atoms with Crippen LogP contribution in [-0.2, 0) is 21.7 Å². The molecule has 59 heavy (non-hydrogen) atoms. The number of hydrogen-bond donors (Lipinski definition) is 0. The van der Waals surface area contributed by atoms with Gasteiger partial charge in [-0.05, 0) is 146 Å². The van der Waals surface area contributed by atoms with Gasteiger partial charge < -0.3 is 9.80 Å². The van der Waals surface area contributed by atoms with Gasteiger partial charge in [-0.3, -0.25) is 0 Å². The van der Waals surface area contributed by atoms with Crippen LogP contribution in [-0.4, -0.2) is 6.71 Å². The lowest BCUT2D eigenvalue weighted by molar-refractivity contribution is 0.332. The van der Waals surface area contributed by atoms with Gasteiger partial charge in [0.05, 0.1) is 5.69 Å². The summed E-state index contributed by atoms with van der Waals surface area (Å²) in [6.45, 7) is 26.0. The van der Waals surface area contributed by atoms with Crippen molar-refractivity contribution in [2.45, 2.75) is 111 Å². The first-order chi connectivity index (χ1) is 27.9. The Morgan fingerprint density at radius 3 is 1.68 bits per heavy atom. The van der Waals surface area contributed by atoms with Crippen LogP contribution in [0, 0.1) is 6.92 Å². The van der Waals surface area contributed by atoms with Crippen molar-refractivity contribution in [1.82, 2.24) is 0 Å². The second-order valence-corrected chi connectivity index (χ2v) is 22.1. The van der Waals surface area contributed by atoms with E-state index in [1.54, 1.807) is 0 Å². The summed E-state index contributed by atoms with van der Waals surface area (Å²) in [6.07, 6.45) is 2.40. The summed E-state index contributed by atoms with van der Waals surface area (Å²) in [5.41, 5.74) is 20.2. The number of benzene rings is 6. The highest BCUT2D eigenvalue weighted by molar-refractivity contribution is 7.33. The summed E-state index contributed by atoms with van der Waals surface area (Å²) in [6, 6.07) is 47.1. The number of rotatable bonds is 3. The molecule has 0 saturated carbocycles. The van der Waals surface area contributed by atoms with Gasteiger partial charge in [-0.1, -0.05) is 136 Å². The highest BCUT2D eigenvalue weighted by atomic mass is 32.1. The van der Waals surface area contributed by atoms with E-state index < -0.39 is 0 Å². The smallest absolute Gasteiger partial charge is 0.264 e. The largest absolute Gasteiger partial charge is 0.311 e. The Kier molecular flexibility index (Phi) is 8.39. The zero-order valence-electron chi connectivity index (χ0n) is 36.8. The van der Waals surface area contributed by atoms with Crippen LogP contribution >= 0.6 is 11.3 Å². The van der Waals surface area contributed by atoms with Gasteiger partial charge in [-0.15, -0.1) is 11.3 Å². The molecule has 3 heterocycles. The zero-order valence-corrected chi connectivity index (χ0v) is 37.7.